The molecule has 0 spiro atoms. The largest absolute Gasteiger partial charge is 0.468 e. The molecule has 0 saturated heterocycles. The second-order valence-corrected chi connectivity index (χ2v) is 4.62. The maximum atomic E-state index is 12.0. The molecule has 4 nitrogen and oxygen atoms in total. The highest BCUT2D eigenvalue weighted by atomic mass is 16.5. The lowest BCUT2D eigenvalue weighted by atomic mass is 9.92. The minimum Gasteiger partial charge on any atom is -0.468 e. The van der Waals surface area contributed by atoms with Gasteiger partial charge in [0.25, 0.3) is 0 Å². The number of amides is 1. The number of nitrogens with one attached hydrogen (secondary N) is 1. The van der Waals surface area contributed by atoms with Crippen LogP contribution in [0.25, 0.3) is 0 Å². The first kappa shape index (κ1) is 14.2. The van der Waals surface area contributed by atoms with Crippen LogP contribution in [0.15, 0.2) is 24.3 Å². The van der Waals surface area contributed by atoms with Gasteiger partial charge in [-0.1, -0.05) is 19.1 Å². The molecule has 1 rings (SSSR count). The van der Waals surface area contributed by atoms with Crippen LogP contribution in [0.3, 0.4) is 0 Å². The van der Waals surface area contributed by atoms with Crippen molar-refractivity contribution in [2.75, 3.05) is 12.4 Å². The molecular weight excluding hydrogens is 230 g/mol. The van der Waals surface area contributed by atoms with E-state index in [1.54, 1.807) is 0 Å². The molecule has 1 amide bonds. The lowest BCUT2D eigenvalue weighted by molar-refractivity contribution is -0.154. The summed E-state index contributed by atoms with van der Waals surface area (Å²) < 4.78 is 4.61. The molecule has 1 aromatic rings. The Morgan fingerprint density at radius 3 is 2.22 bits per heavy atom. The van der Waals surface area contributed by atoms with E-state index in [0.29, 0.717) is 5.69 Å². The van der Waals surface area contributed by atoms with E-state index in [-0.39, 0.29) is 5.91 Å². The van der Waals surface area contributed by atoms with Crippen molar-refractivity contribution in [3.8, 4) is 0 Å². The highest BCUT2D eigenvalue weighted by Crippen LogP contribution is 2.20. The predicted octanol–water partition coefficient (Wildman–Crippen LogP) is 2.39. The summed E-state index contributed by atoms with van der Waals surface area (Å²) in [5.41, 5.74) is 0.674. The van der Waals surface area contributed by atoms with Crippen LogP contribution in [0.2, 0.25) is 0 Å². The van der Waals surface area contributed by atoms with E-state index < -0.39 is 11.4 Å². The van der Waals surface area contributed by atoms with Gasteiger partial charge in [0.2, 0.25) is 5.91 Å². The Labute approximate surface area is 107 Å². The third kappa shape index (κ3) is 3.09. The standard InChI is InChI=1S/C14H19NO3/c1-5-10-6-8-11(9-7-10)15-12(16)14(2,3)13(17)18-4/h6-9H,5H2,1-4H3,(H,15,16). The lowest BCUT2D eigenvalue weighted by Crippen LogP contribution is -2.38. The minimum atomic E-state index is -1.20. The smallest absolute Gasteiger partial charge is 0.320 e. The Hall–Kier alpha value is -1.84. The van der Waals surface area contributed by atoms with Gasteiger partial charge in [0.05, 0.1) is 7.11 Å². The maximum Gasteiger partial charge on any atom is 0.320 e. The van der Waals surface area contributed by atoms with Crippen molar-refractivity contribution < 1.29 is 14.3 Å². The third-order valence-corrected chi connectivity index (χ3v) is 2.88. The van der Waals surface area contributed by atoms with E-state index in [0.717, 1.165) is 6.42 Å². The number of carbonyl (C=O) groups is 2. The quantitative estimate of drug-likeness (QED) is 0.658. The molecule has 4 heteroatoms. The number of carbonyl (C=O) groups excluding carboxylic acids is 2. The summed E-state index contributed by atoms with van der Waals surface area (Å²) in [6.07, 6.45) is 0.946. The van der Waals surface area contributed by atoms with Crippen molar-refractivity contribution >= 4 is 17.6 Å². The van der Waals surface area contributed by atoms with E-state index in [2.05, 4.69) is 17.0 Å². The van der Waals surface area contributed by atoms with Gasteiger partial charge in [0, 0.05) is 5.69 Å². The predicted molar refractivity (Wildman–Crippen MR) is 70.2 cm³/mol. The van der Waals surface area contributed by atoms with E-state index in [4.69, 9.17) is 0 Å². The Morgan fingerprint density at radius 1 is 1.22 bits per heavy atom. The number of esters is 1. The van der Waals surface area contributed by atoms with Crippen molar-refractivity contribution in [2.24, 2.45) is 5.41 Å². The second kappa shape index (κ2) is 5.67. The molecule has 0 aliphatic heterocycles. The summed E-state index contributed by atoms with van der Waals surface area (Å²) in [5.74, 6) is -0.927. The molecule has 1 N–H and O–H groups in total. The first-order chi connectivity index (χ1) is 8.41. The van der Waals surface area contributed by atoms with Gasteiger partial charge >= 0.3 is 5.97 Å². The zero-order valence-electron chi connectivity index (χ0n) is 11.2. The Morgan fingerprint density at radius 2 is 1.78 bits per heavy atom. The first-order valence-electron chi connectivity index (χ1n) is 5.90. The molecule has 0 aliphatic rings. The van der Waals surface area contributed by atoms with Crippen LogP contribution in [0.4, 0.5) is 5.69 Å². The van der Waals surface area contributed by atoms with Crippen LogP contribution in [0.5, 0.6) is 0 Å². The van der Waals surface area contributed by atoms with Crippen LogP contribution < -0.4 is 5.32 Å². The van der Waals surface area contributed by atoms with E-state index in [1.807, 2.05) is 24.3 Å². The summed E-state index contributed by atoms with van der Waals surface area (Å²) in [6, 6.07) is 7.54. The first-order valence-corrected chi connectivity index (χ1v) is 5.90. The normalized spacial score (nSPS) is 10.9. The average molecular weight is 249 g/mol. The Kier molecular flexibility index (Phi) is 4.48. The molecule has 0 atom stereocenters. The average Bonchev–Trinajstić information content (AvgIpc) is 2.38. The summed E-state index contributed by atoms with van der Waals surface area (Å²) in [5, 5.41) is 2.71. The molecule has 0 radical (unpaired) electrons. The van der Waals surface area contributed by atoms with Crippen LogP contribution in [0, 0.1) is 5.41 Å². The number of hydrogen-bond acceptors (Lipinski definition) is 3. The van der Waals surface area contributed by atoms with Gasteiger partial charge in [0.1, 0.15) is 5.41 Å². The van der Waals surface area contributed by atoms with Crippen molar-refractivity contribution in [1.82, 2.24) is 0 Å². The molecule has 0 bridgehead atoms. The van der Waals surface area contributed by atoms with Crippen LogP contribution in [0.1, 0.15) is 26.3 Å². The molecule has 1 aromatic carbocycles. The zero-order valence-corrected chi connectivity index (χ0v) is 11.2. The molecule has 0 aromatic heterocycles. The van der Waals surface area contributed by atoms with Gasteiger partial charge in [-0.25, -0.2) is 0 Å². The fraction of sp³-hybridized carbons (Fsp3) is 0.429. The number of methoxy groups -OCH3 is 1. The van der Waals surface area contributed by atoms with Crippen molar-refractivity contribution in [1.29, 1.82) is 0 Å². The molecule has 0 fully saturated rings. The minimum absolute atomic E-state index is 0.376. The number of benzene rings is 1. The van der Waals surface area contributed by atoms with Crippen molar-refractivity contribution in [3.05, 3.63) is 29.8 Å². The van der Waals surface area contributed by atoms with Gasteiger partial charge in [-0.3, -0.25) is 9.59 Å². The van der Waals surface area contributed by atoms with Crippen LogP contribution in [-0.2, 0) is 20.7 Å². The summed E-state index contributed by atoms with van der Waals surface area (Å²) >= 11 is 0. The number of rotatable bonds is 4. The summed E-state index contributed by atoms with van der Waals surface area (Å²) in [6.45, 7) is 5.14. The summed E-state index contributed by atoms with van der Waals surface area (Å²) in [4.78, 5) is 23.5. The van der Waals surface area contributed by atoms with Gasteiger partial charge in [-0.05, 0) is 38.0 Å². The molecule has 0 saturated carbocycles. The van der Waals surface area contributed by atoms with E-state index in [9.17, 15) is 9.59 Å². The van der Waals surface area contributed by atoms with Crippen LogP contribution >= 0.6 is 0 Å². The summed E-state index contributed by atoms with van der Waals surface area (Å²) in [7, 11) is 1.27. The van der Waals surface area contributed by atoms with Gasteiger partial charge in [-0.2, -0.15) is 0 Å². The maximum absolute atomic E-state index is 12.0. The number of aryl methyl sites for hydroxylation is 1. The number of ether oxygens (including phenoxy) is 1. The Bertz CT molecular complexity index is 435. The van der Waals surface area contributed by atoms with Crippen LogP contribution in [-0.4, -0.2) is 19.0 Å². The van der Waals surface area contributed by atoms with Gasteiger partial charge < -0.3 is 10.1 Å². The SMILES string of the molecule is CCc1ccc(NC(=O)C(C)(C)C(=O)OC)cc1. The molecule has 0 unspecified atom stereocenters. The number of anilines is 1. The highest BCUT2D eigenvalue weighted by molar-refractivity contribution is 6.08. The fourth-order valence-electron chi connectivity index (χ4n) is 1.46. The van der Waals surface area contributed by atoms with E-state index >= 15 is 0 Å². The number of hydrogen-bond donors (Lipinski definition) is 1. The van der Waals surface area contributed by atoms with Gasteiger partial charge in [0.15, 0.2) is 0 Å². The van der Waals surface area contributed by atoms with Gasteiger partial charge in [-0.15, -0.1) is 0 Å². The monoisotopic (exact) mass is 249 g/mol. The molecule has 18 heavy (non-hydrogen) atoms. The second-order valence-electron chi connectivity index (χ2n) is 4.62. The van der Waals surface area contributed by atoms with Crippen molar-refractivity contribution in [3.63, 3.8) is 0 Å². The third-order valence-electron chi connectivity index (χ3n) is 2.88. The fourth-order valence-corrected chi connectivity index (χ4v) is 1.46. The lowest BCUT2D eigenvalue weighted by Gasteiger charge is -2.20. The topological polar surface area (TPSA) is 55.4 Å². The molecule has 0 aliphatic carbocycles. The Balaban J connectivity index is 2.77. The molecular formula is C14H19NO3. The van der Waals surface area contributed by atoms with E-state index in [1.165, 1.54) is 26.5 Å². The highest BCUT2D eigenvalue weighted by Gasteiger charge is 2.37. The molecule has 0 heterocycles. The zero-order chi connectivity index (χ0) is 13.8. The van der Waals surface area contributed by atoms with Crippen molar-refractivity contribution in [2.45, 2.75) is 27.2 Å². The molecule has 98 valence electrons.